The van der Waals surface area contributed by atoms with Gasteiger partial charge >= 0.3 is 5.69 Å². The van der Waals surface area contributed by atoms with Gasteiger partial charge in [-0.05, 0) is 5.92 Å². The van der Waals surface area contributed by atoms with Crippen LogP contribution in [0.25, 0.3) is 0 Å². The standard InChI is InChI=1S/C11H12BrN3O4/c1-19-9-3-2-8(15(17)18)11(13-9)14-6-7(5-12)4-10(14)16/h2-3,7H,4-6H2,1H3. The predicted molar refractivity (Wildman–Crippen MR) is 71.7 cm³/mol. The van der Waals surface area contributed by atoms with Gasteiger partial charge in [0.05, 0.1) is 12.0 Å². The molecule has 8 heteroatoms. The third-order valence-electron chi connectivity index (χ3n) is 2.91. The minimum atomic E-state index is -0.545. The van der Waals surface area contributed by atoms with Crippen molar-refractivity contribution in [3.05, 3.63) is 22.2 Å². The van der Waals surface area contributed by atoms with Gasteiger partial charge in [-0.2, -0.15) is 4.98 Å². The zero-order valence-corrected chi connectivity index (χ0v) is 11.8. The number of hydrogen-bond acceptors (Lipinski definition) is 5. The van der Waals surface area contributed by atoms with Crippen molar-refractivity contribution in [3.63, 3.8) is 0 Å². The molecule has 1 aliphatic rings. The number of pyridine rings is 1. The van der Waals surface area contributed by atoms with Gasteiger partial charge < -0.3 is 4.74 Å². The Kier molecular flexibility index (Phi) is 3.98. The van der Waals surface area contributed by atoms with E-state index in [9.17, 15) is 14.9 Å². The van der Waals surface area contributed by atoms with Crippen LogP contribution in [0.1, 0.15) is 6.42 Å². The van der Waals surface area contributed by atoms with Crippen LogP contribution in [0, 0.1) is 16.0 Å². The van der Waals surface area contributed by atoms with Gasteiger partial charge in [-0.25, -0.2) is 0 Å². The maximum absolute atomic E-state index is 11.9. The highest BCUT2D eigenvalue weighted by atomic mass is 79.9. The van der Waals surface area contributed by atoms with Crippen molar-refractivity contribution in [1.82, 2.24) is 4.98 Å². The monoisotopic (exact) mass is 329 g/mol. The third-order valence-corrected chi connectivity index (χ3v) is 3.83. The van der Waals surface area contributed by atoms with Gasteiger partial charge in [0, 0.05) is 30.4 Å². The number of anilines is 1. The topological polar surface area (TPSA) is 85.6 Å². The molecule has 1 saturated heterocycles. The van der Waals surface area contributed by atoms with E-state index in [-0.39, 0.29) is 29.2 Å². The number of halogens is 1. The second kappa shape index (κ2) is 5.52. The van der Waals surface area contributed by atoms with Gasteiger partial charge in [0.25, 0.3) is 0 Å². The second-order valence-corrected chi connectivity index (χ2v) is 4.83. The first-order valence-electron chi connectivity index (χ1n) is 5.62. The number of nitro groups is 1. The molecule has 7 nitrogen and oxygen atoms in total. The van der Waals surface area contributed by atoms with Crippen LogP contribution in [0.3, 0.4) is 0 Å². The summed E-state index contributed by atoms with van der Waals surface area (Å²) in [5, 5.41) is 11.7. The highest BCUT2D eigenvalue weighted by Gasteiger charge is 2.35. The number of aromatic nitrogens is 1. The Labute approximate surface area is 117 Å². The number of carbonyl (C=O) groups is 1. The quantitative estimate of drug-likeness (QED) is 0.477. The SMILES string of the molecule is COc1ccc([N+](=O)[O-])c(N2CC(CBr)CC2=O)n1. The Hall–Kier alpha value is -1.70. The van der Waals surface area contributed by atoms with Crippen molar-refractivity contribution in [3.8, 4) is 5.88 Å². The summed E-state index contributed by atoms with van der Waals surface area (Å²) < 4.78 is 4.96. The summed E-state index contributed by atoms with van der Waals surface area (Å²) in [5.41, 5.74) is -0.190. The van der Waals surface area contributed by atoms with Gasteiger partial charge in [-0.15, -0.1) is 0 Å². The van der Waals surface area contributed by atoms with E-state index in [1.54, 1.807) is 0 Å². The summed E-state index contributed by atoms with van der Waals surface area (Å²) in [7, 11) is 1.42. The van der Waals surface area contributed by atoms with Gasteiger partial charge in [-0.3, -0.25) is 19.8 Å². The van der Waals surface area contributed by atoms with E-state index in [0.29, 0.717) is 18.3 Å². The Morgan fingerprint density at radius 2 is 2.37 bits per heavy atom. The van der Waals surface area contributed by atoms with E-state index in [4.69, 9.17) is 4.74 Å². The summed E-state index contributed by atoms with van der Waals surface area (Å²) >= 11 is 3.32. The molecular formula is C11H12BrN3O4. The fraction of sp³-hybridized carbons (Fsp3) is 0.455. The Bertz CT molecular complexity index is 523. The van der Waals surface area contributed by atoms with Crippen molar-refractivity contribution in [2.24, 2.45) is 5.92 Å². The van der Waals surface area contributed by atoms with Crippen molar-refractivity contribution in [2.75, 3.05) is 23.9 Å². The molecule has 2 rings (SSSR count). The number of nitrogens with zero attached hydrogens (tertiary/aromatic N) is 3. The molecule has 0 saturated carbocycles. The van der Waals surface area contributed by atoms with Crippen molar-refractivity contribution in [1.29, 1.82) is 0 Å². The number of alkyl halides is 1. The molecule has 1 unspecified atom stereocenters. The number of ether oxygens (including phenoxy) is 1. The van der Waals surface area contributed by atoms with Crippen LogP contribution < -0.4 is 9.64 Å². The maximum Gasteiger partial charge on any atom is 0.312 e. The highest BCUT2D eigenvalue weighted by Crippen LogP contribution is 2.33. The van der Waals surface area contributed by atoms with Crippen LogP contribution in [0.5, 0.6) is 5.88 Å². The normalized spacial score (nSPS) is 18.7. The minimum absolute atomic E-state index is 0.0535. The van der Waals surface area contributed by atoms with E-state index in [0.717, 1.165) is 0 Å². The van der Waals surface area contributed by atoms with E-state index in [1.807, 2.05) is 0 Å². The molecule has 1 aromatic rings. The smallest absolute Gasteiger partial charge is 0.312 e. The fourth-order valence-corrected chi connectivity index (χ4v) is 2.40. The lowest BCUT2D eigenvalue weighted by Gasteiger charge is -2.15. The van der Waals surface area contributed by atoms with Gasteiger partial charge in [0.2, 0.25) is 17.6 Å². The molecule has 0 bridgehead atoms. The summed E-state index contributed by atoms with van der Waals surface area (Å²) in [6, 6.07) is 2.71. The maximum atomic E-state index is 11.9. The summed E-state index contributed by atoms with van der Waals surface area (Å²) in [6.07, 6.45) is 0.362. The first kappa shape index (κ1) is 13.7. The molecule has 0 radical (unpaired) electrons. The molecule has 1 aliphatic heterocycles. The average Bonchev–Trinajstić information content (AvgIpc) is 2.79. The molecule has 2 heterocycles. The molecule has 1 fully saturated rings. The van der Waals surface area contributed by atoms with Crippen molar-refractivity contribution >= 4 is 33.3 Å². The van der Waals surface area contributed by atoms with E-state index >= 15 is 0 Å². The van der Waals surface area contributed by atoms with Crippen LogP contribution >= 0.6 is 15.9 Å². The minimum Gasteiger partial charge on any atom is -0.481 e. The second-order valence-electron chi connectivity index (χ2n) is 4.18. The van der Waals surface area contributed by atoms with Gasteiger partial charge in [0.15, 0.2) is 0 Å². The lowest BCUT2D eigenvalue weighted by molar-refractivity contribution is -0.384. The molecule has 0 N–H and O–H groups in total. The van der Waals surface area contributed by atoms with Crippen LogP contribution in [0.15, 0.2) is 12.1 Å². The average molecular weight is 330 g/mol. The van der Waals surface area contributed by atoms with Crippen LogP contribution in [-0.2, 0) is 4.79 Å². The number of rotatable bonds is 4. The van der Waals surface area contributed by atoms with Crippen LogP contribution in [-0.4, -0.2) is 34.8 Å². The molecule has 0 spiro atoms. The third kappa shape index (κ3) is 2.67. The number of carbonyl (C=O) groups excluding carboxylic acids is 1. The first-order valence-corrected chi connectivity index (χ1v) is 6.74. The van der Waals surface area contributed by atoms with E-state index in [1.165, 1.54) is 24.1 Å². The lowest BCUT2D eigenvalue weighted by Crippen LogP contribution is -2.26. The molecule has 0 aliphatic carbocycles. The molecular weight excluding hydrogens is 318 g/mol. The summed E-state index contributed by atoms with van der Waals surface area (Å²) in [4.78, 5) is 27.8. The van der Waals surface area contributed by atoms with Crippen LogP contribution in [0.4, 0.5) is 11.5 Å². The molecule has 19 heavy (non-hydrogen) atoms. The Balaban J connectivity index is 2.42. The zero-order chi connectivity index (χ0) is 14.0. The van der Waals surface area contributed by atoms with Gasteiger partial charge in [0.1, 0.15) is 0 Å². The predicted octanol–water partition coefficient (Wildman–Crippen LogP) is 1.75. The van der Waals surface area contributed by atoms with Crippen molar-refractivity contribution < 1.29 is 14.5 Å². The fourth-order valence-electron chi connectivity index (χ4n) is 1.97. The number of hydrogen-bond donors (Lipinski definition) is 0. The Morgan fingerprint density at radius 1 is 1.63 bits per heavy atom. The van der Waals surface area contributed by atoms with Crippen LogP contribution in [0.2, 0.25) is 0 Å². The van der Waals surface area contributed by atoms with Gasteiger partial charge in [-0.1, -0.05) is 15.9 Å². The molecule has 1 amide bonds. The first-order chi connectivity index (χ1) is 9.06. The summed E-state index contributed by atoms with van der Waals surface area (Å²) in [6.45, 7) is 0.422. The number of amides is 1. The Morgan fingerprint density at radius 3 is 2.89 bits per heavy atom. The lowest BCUT2D eigenvalue weighted by atomic mass is 10.2. The molecule has 0 aromatic carbocycles. The largest absolute Gasteiger partial charge is 0.481 e. The highest BCUT2D eigenvalue weighted by molar-refractivity contribution is 9.09. The van der Waals surface area contributed by atoms with E-state index < -0.39 is 4.92 Å². The number of methoxy groups -OCH3 is 1. The zero-order valence-electron chi connectivity index (χ0n) is 10.2. The van der Waals surface area contributed by atoms with E-state index in [2.05, 4.69) is 20.9 Å². The van der Waals surface area contributed by atoms with Crippen molar-refractivity contribution in [2.45, 2.75) is 6.42 Å². The molecule has 1 atom stereocenters. The molecule has 1 aromatic heterocycles. The summed E-state index contributed by atoms with van der Waals surface area (Å²) in [5.74, 6) is 0.280. The molecule has 102 valence electrons.